The fraction of sp³-hybridized carbons (Fsp3) is 0.200. The Labute approximate surface area is 81.5 Å². The van der Waals surface area contributed by atoms with Crippen molar-refractivity contribution in [3.8, 4) is 0 Å². The van der Waals surface area contributed by atoms with Gasteiger partial charge in [-0.15, -0.1) is 0 Å². The highest BCUT2D eigenvalue weighted by atomic mass is 127. The van der Waals surface area contributed by atoms with Gasteiger partial charge in [0.05, 0.1) is 0 Å². The third-order valence-corrected chi connectivity index (χ3v) is 2.62. The number of benzene rings is 1. The van der Waals surface area contributed by atoms with E-state index in [1.807, 2.05) is 6.07 Å². The Bertz CT molecular complexity index is 263. The molecule has 1 aromatic rings. The molecule has 0 atom stereocenters. The van der Waals surface area contributed by atoms with Crippen LogP contribution in [0.2, 0.25) is 0 Å². The van der Waals surface area contributed by atoms with E-state index < -0.39 is 0 Å². The van der Waals surface area contributed by atoms with Crippen molar-refractivity contribution < 1.29 is 0 Å². The van der Waals surface area contributed by atoms with E-state index in [2.05, 4.69) is 54.3 Å². The van der Waals surface area contributed by atoms with E-state index in [9.17, 15) is 0 Å². The Morgan fingerprint density at radius 1 is 1.45 bits per heavy atom. The third kappa shape index (κ3) is 2.06. The molecule has 1 heteroatoms. The SMILES string of the molecule is C=C(CC)c1ccccc1I. The van der Waals surface area contributed by atoms with Crippen LogP contribution in [0.1, 0.15) is 18.9 Å². The molecule has 0 bridgehead atoms. The van der Waals surface area contributed by atoms with Crippen LogP contribution in [-0.4, -0.2) is 0 Å². The molecule has 1 rings (SSSR count). The quantitative estimate of drug-likeness (QED) is 0.709. The Morgan fingerprint density at radius 3 is 2.64 bits per heavy atom. The summed E-state index contributed by atoms with van der Waals surface area (Å²) >= 11 is 2.34. The number of hydrogen-bond donors (Lipinski definition) is 0. The predicted molar refractivity (Wildman–Crippen MR) is 58.5 cm³/mol. The summed E-state index contributed by atoms with van der Waals surface area (Å²) in [5, 5.41) is 0. The lowest BCUT2D eigenvalue weighted by molar-refractivity contribution is 1.24. The van der Waals surface area contributed by atoms with Crippen molar-refractivity contribution in [1.29, 1.82) is 0 Å². The Balaban J connectivity index is 3.03. The second-order valence-electron chi connectivity index (χ2n) is 2.44. The van der Waals surface area contributed by atoms with Crippen LogP contribution in [0.4, 0.5) is 0 Å². The Hall–Kier alpha value is -0.310. The van der Waals surface area contributed by atoms with Gasteiger partial charge in [0.2, 0.25) is 0 Å². The van der Waals surface area contributed by atoms with Crippen LogP contribution in [0.5, 0.6) is 0 Å². The lowest BCUT2D eigenvalue weighted by atomic mass is 10.1. The van der Waals surface area contributed by atoms with Crippen LogP contribution in [-0.2, 0) is 0 Å². The van der Waals surface area contributed by atoms with Crippen molar-refractivity contribution >= 4 is 28.2 Å². The average Bonchev–Trinajstić information content (AvgIpc) is 2.04. The summed E-state index contributed by atoms with van der Waals surface area (Å²) in [6.07, 6.45) is 1.03. The smallest absolute Gasteiger partial charge is 0.0205 e. The summed E-state index contributed by atoms with van der Waals surface area (Å²) in [5.74, 6) is 0. The van der Waals surface area contributed by atoms with Gasteiger partial charge in [-0.2, -0.15) is 0 Å². The summed E-state index contributed by atoms with van der Waals surface area (Å²) in [6, 6.07) is 8.33. The Morgan fingerprint density at radius 2 is 2.09 bits per heavy atom. The van der Waals surface area contributed by atoms with E-state index in [0.29, 0.717) is 0 Å². The van der Waals surface area contributed by atoms with Crippen LogP contribution < -0.4 is 0 Å². The lowest BCUT2D eigenvalue weighted by Crippen LogP contribution is -1.84. The molecule has 0 N–H and O–H groups in total. The molecule has 0 radical (unpaired) electrons. The van der Waals surface area contributed by atoms with Gasteiger partial charge in [-0.1, -0.05) is 31.7 Å². The molecule has 0 aliphatic rings. The molecule has 0 spiro atoms. The van der Waals surface area contributed by atoms with E-state index >= 15 is 0 Å². The second kappa shape index (κ2) is 3.90. The van der Waals surface area contributed by atoms with Gasteiger partial charge in [0.25, 0.3) is 0 Å². The highest BCUT2D eigenvalue weighted by Crippen LogP contribution is 2.21. The zero-order valence-corrected chi connectivity index (χ0v) is 8.76. The number of halogens is 1. The van der Waals surface area contributed by atoms with Crippen molar-refractivity contribution in [1.82, 2.24) is 0 Å². The highest BCUT2D eigenvalue weighted by Gasteiger charge is 1.99. The second-order valence-corrected chi connectivity index (χ2v) is 3.60. The summed E-state index contributed by atoms with van der Waals surface area (Å²) in [4.78, 5) is 0. The molecule has 1 aromatic carbocycles. The first-order valence-corrected chi connectivity index (χ1v) is 4.76. The first-order chi connectivity index (χ1) is 5.25. The van der Waals surface area contributed by atoms with Crippen LogP contribution in [0.25, 0.3) is 5.57 Å². The highest BCUT2D eigenvalue weighted by molar-refractivity contribution is 14.1. The van der Waals surface area contributed by atoms with Gasteiger partial charge in [-0.25, -0.2) is 0 Å². The van der Waals surface area contributed by atoms with Gasteiger partial charge in [-0.05, 0) is 46.2 Å². The van der Waals surface area contributed by atoms with Gasteiger partial charge in [-0.3, -0.25) is 0 Å². The first kappa shape index (κ1) is 8.78. The van der Waals surface area contributed by atoms with E-state index in [-0.39, 0.29) is 0 Å². The molecule has 11 heavy (non-hydrogen) atoms. The third-order valence-electron chi connectivity index (χ3n) is 1.68. The largest absolute Gasteiger partial charge is 0.0952 e. The maximum absolute atomic E-state index is 4.00. The molecule has 0 heterocycles. The molecule has 0 fully saturated rings. The Kier molecular flexibility index (Phi) is 3.12. The first-order valence-electron chi connectivity index (χ1n) is 3.68. The molecule has 0 unspecified atom stereocenters. The van der Waals surface area contributed by atoms with Crippen molar-refractivity contribution in [3.05, 3.63) is 40.0 Å². The van der Waals surface area contributed by atoms with Gasteiger partial charge in [0.1, 0.15) is 0 Å². The molecule has 0 aliphatic carbocycles. The lowest BCUT2D eigenvalue weighted by Gasteiger charge is -2.03. The number of rotatable bonds is 2. The van der Waals surface area contributed by atoms with E-state index in [1.54, 1.807) is 0 Å². The van der Waals surface area contributed by atoms with Crippen molar-refractivity contribution in [2.24, 2.45) is 0 Å². The number of allylic oxidation sites excluding steroid dienone is 1. The predicted octanol–water partition coefficient (Wildman–Crippen LogP) is 3.71. The maximum atomic E-state index is 4.00. The van der Waals surface area contributed by atoms with E-state index in [4.69, 9.17) is 0 Å². The minimum atomic E-state index is 1.03. The van der Waals surface area contributed by atoms with Crippen molar-refractivity contribution in [2.75, 3.05) is 0 Å². The average molecular weight is 258 g/mol. The number of hydrogen-bond acceptors (Lipinski definition) is 0. The molecular weight excluding hydrogens is 247 g/mol. The van der Waals surface area contributed by atoms with Gasteiger partial charge >= 0.3 is 0 Å². The molecule has 0 aliphatic heterocycles. The maximum Gasteiger partial charge on any atom is 0.0205 e. The van der Waals surface area contributed by atoms with Crippen molar-refractivity contribution in [2.45, 2.75) is 13.3 Å². The summed E-state index contributed by atoms with van der Waals surface area (Å²) in [7, 11) is 0. The van der Waals surface area contributed by atoms with Crippen LogP contribution in [0.3, 0.4) is 0 Å². The van der Waals surface area contributed by atoms with Gasteiger partial charge in [0, 0.05) is 3.57 Å². The molecule has 0 amide bonds. The van der Waals surface area contributed by atoms with Crippen LogP contribution in [0.15, 0.2) is 30.8 Å². The van der Waals surface area contributed by atoms with Gasteiger partial charge in [0.15, 0.2) is 0 Å². The van der Waals surface area contributed by atoms with E-state index in [0.717, 1.165) is 6.42 Å². The van der Waals surface area contributed by atoms with E-state index in [1.165, 1.54) is 14.7 Å². The fourth-order valence-corrected chi connectivity index (χ4v) is 1.71. The fourth-order valence-electron chi connectivity index (χ4n) is 0.938. The van der Waals surface area contributed by atoms with Crippen LogP contribution >= 0.6 is 22.6 Å². The molecule has 58 valence electrons. The molecule has 0 aromatic heterocycles. The summed E-state index contributed by atoms with van der Waals surface area (Å²) < 4.78 is 1.29. The minimum absolute atomic E-state index is 1.03. The normalized spacial score (nSPS) is 9.64. The summed E-state index contributed by atoms with van der Waals surface area (Å²) in [6.45, 7) is 6.13. The summed E-state index contributed by atoms with van der Waals surface area (Å²) in [5.41, 5.74) is 2.51. The minimum Gasteiger partial charge on any atom is -0.0952 e. The standard InChI is InChI=1S/C10H11I/c1-3-8(2)9-6-4-5-7-10(9)11/h4-7H,2-3H2,1H3. The zero-order chi connectivity index (χ0) is 8.27. The van der Waals surface area contributed by atoms with Crippen LogP contribution in [0, 0.1) is 3.57 Å². The molecule has 0 nitrogen and oxygen atoms in total. The van der Waals surface area contributed by atoms with Gasteiger partial charge < -0.3 is 0 Å². The van der Waals surface area contributed by atoms with Crippen molar-refractivity contribution in [3.63, 3.8) is 0 Å². The molecule has 0 saturated carbocycles. The monoisotopic (exact) mass is 258 g/mol. The zero-order valence-electron chi connectivity index (χ0n) is 6.60. The molecule has 0 saturated heterocycles. The molecular formula is C10H11I. The topological polar surface area (TPSA) is 0 Å².